The fourth-order valence-electron chi connectivity index (χ4n) is 2.83. The molecule has 122 valence electrons. The van der Waals surface area contributed by atoms with Crippen LogP contribution in [0.15, 0.2) is 27.4 Å². The number of oxazole rings is 1. The third kappa shape index (κ3) is 2.74. The summed E-state index contributed by atoms with van der Waals surface area (Å²) in [6.07, 6.45) is 0.484. The van der Waals surface area contributed by atoms with Gasteiger partial charge in [-0.2, -0.15) is 0 Å². The Morgan fingerprint density at radius 1 is 1.13 bits per heavy atom. The van der Waals surface area contributed by atoms with Crippen molar-refractivity contribution in [2.24, 2.45) is 7.05 Å². The molecule has 1 aromatic carbocycles. The monoisotopic (exact) mass is 317 g/mol. The van der Waals surface area contributed by atoms with Crippen molar-refractivity contribution in [3.05, 3.63) is 34.3 Å². The molecule has 0 spiro atoms. The third-order valence-corrected chi connectivity index (χ3v) is 4.26. The number of hydrogen-bond donors (Lipinski definition) is 0. The molecule has 0 atom stereocenters. The summed E-state index contributed by atoms with van der Waals surface area (Å²) in [6.45, 7) is 3.98. The predicted molar refractivity (Wildman–Crippen MR) is 84.2 cm³/mol. The van der Waals surface area contributed by atoms with Crippen LogP contribution in [0, 0.1) is 0 Å². The standard InChI is InChI=1S/C16H19N3O4/c1-3-14(20)18-6-8-19(9-7-18)15(21)11-4-5-12-13(10-11)23-16(22)17(12)2/h4-5,10H,3,6-9H2,1-2H3. The van der Waals surface area contributed by atoms with Gasteiger partial charge >= 0.3 is 5.76 Å². The van der Waals surface area contributed by atoms with E-state index in [9.17, 15) is 14.4 Å². The van der Waals surface area contributed by atoms with Crippen LogP contribution in [0.4, 0.5) is 0 Å². The number of piperazine rings is 1. The summed E-state index contributed by atoms with van der Waals surface area (Å²) in [5, 5.41) is 0. The number of fused-ring (bicyclic) bond motifs is 1. The summed E-state index contributed by atoms with van der Waals surface area (Å²) in [6, 6.07) is 5.01. The number of aromatic nitrogens is 1. The van der Waals surface area contributed by atoms with Crippen LogP contribution in [0.5, 0.6) is 0 Å². The molecule has 7 nitrogen and oxygen atoms in total. The first-order chi connectivity index (χ1) is 11.0. The minimum Gasteiger partial charge on any atom is -0.408 e. The maximum Gasteiger partial charge on any atom is 0.419 e. The maximum absolute atomic E-state index is 12.6. The maximum atomic E-state index is 12.6. The van der Waals surface area contributed by atoms with Crippen molar-refractivity contribution in [3.63, 3.8) is 0 Å². The average Bonchev–Trinajstić information content (AvgIpc) is 2.87. The lowest BCUT2D eigenvalue weighted by molar-refractivity contribution is -0.132. The second-order valence-electron chi connectivity index (χ2n) is 5.64. The zero-order valence-electron chi connectivity index (χ0n) is 13.2. The lowest BCUT2D eigenvalue weighted by Gasteiger charge is -2.34. The van der Waals surface area contributed by atoms with E-state index in [0.29, 0.717) is 49.3 Å². The molecular weight excluding hydrogens is 298 g/mol. The highest BCUT2D eigenvalue weighted by Crippen LogP contribution is 2.16. The van der Waals surface area contributed by atoms with E-state index in [1.165, 1.54) is 4.57 Å². The molecule has 3 rings (SSSR count). The zero-order chi connectivity index (χ0) is 16.6. The van der Waals surface area contributed by atoms with Crippen LogP contribution in [0.1, 0.15) is 23.7 Å². The summed E-state index contributed by atoms with van der Waals surface area (Å²) < 4.78 is 6.53. The number of rotatable bonds is 2. The molecule has 1 saturated heterocycles. The first-order valence-corrected chi connectivity index (χ1v) is 7.68. The molecule has 2 amide bonds. The smallest absolute Gasteiger partial charge is 0.408 e. The van der Waals surface area contributed by atoms with E-state index in [4.69, 9.17) is 4.42 Å². The first kappa shape index (κ1) is 15.3. The molecule has 1 fully saturated rings. The SMILES string of the molecule is CCC(=O)N1CCN(C(=O)c2ccc3c(c2)oc(=O)n3C)CC1. The molecule has 0 bridgehead atoms. The van der Waals surface area contributed by atoms with Crippen LogP contribution in [0.3, 0.4) is 0 Å². The van der Waals surface area contributed by atoms with Gasteiger partial charge in [0.2, 0.25) is 5.91 Å². The number of amides is 2. The summed E-state index contributed by atoms with van der Waals surface area (Å²) >= 11 is 0. The lowest BCUT2D eigenvalue weighted by atomic mass is 10.1. The van der Waals surface area contributed by atoms with Crippen LogP contribution in [0.2, 0.25) is 0 Å². The third-order valence-electron chi connectivity index (χ3n) is 4.26. The number of carbonyl (C=O) groups is 2. The Morgan fingerprint density at radius 2 is 1.78 bits per heavy atom. The van der Waals surface area contributed by atoms with Crippen LogP contribution in [0.25, 0.3) is 11.1 Å². The van der Waals surface area contributed by atoms with Crippen molar-refractivity contribution < 1.29 is 14.0 Å². The van der Waals surface area contributed by atoms with Crippen molar-refractivity contribution >= 4 is 22.9 Å². The quantitative estimate of drug-likeness (QED) is 0.822. The van der Waals surface area contributed by atoms with Crippen molar-refractivity contribution in [3.8, 4) is 0 Å². The number of benzene rings is 1. The molecule has 23 heavy (non-hydrogen) atoms. The Balaban J connectivity index is 1.76. The van der Waals surface area contributed by atoms with Crippen molar-refractivity contribution in [2.45, 2.75) is 13.3 Å². The van der Waals surface area contributed by atoms with E-state index in [1.807, 2.05) is 6.92 Å². The van der Waals surface area contributed by atoms with Crippen LogP contribution >= 0.6 is 0 Å². The van der Waals surface area contributed by atoms with E-state index in [0.717, 1.165) is 0 Å². The molecular formula is C16H19N3O4. The van der Waals surface area contributed by atoms with Crippen LogP contribution in [-0.4, -0.2) is 52.4 Å². The highest BCUT2D eigenvalue weighted by Gasteiger charge is 2.24. The van der Waals surface area contributed by atoms with Gasteiger partial charge in [0, 0.05) is 45.2 Å². The highest BCUT2D eigenvalue weighted by atomic mass is 16.4. The molecule has 0 aliphatic carbocycles. The number of carbonyl (C=O) groups excluding carboxylic acids is 2. The fourth-order valence-corrected chi connectivity index (χ4v) is 2.83. The highest BCUT2D eigenvalue weighted by molar-refractivity contribution is 5.97. The molecule has 2 heterocycles. The van der Waals surface area contributed by atoms with E-state index in [-0.39, 0.29) is 11.8 Å². The Bertz CT molecular complexity index is 812. The second-order valence-corrected chi connectivity index (χ2v) is 5.64. The fraction of sp³-hybridized carbons (Fsp3) is 0.438. The number of hydrogen-bond acceptors (Lipinski definition) is 4. The largest absolute Gasteiger partial charge is 0.419 e. The van der Waals surface area contributed by atoms with Gasteiger partial charge in [0.05, 0.1) is 5.52 Å². The van der Waals surface area contributed by atoms with Gasteiger partial charge < -0.3 is 14.2 Å². The molecule has 7 heteroatoms. The summed E-state index contributed by atoms with van der Waals surface area (Å²) in [5.41, 5.74) is 1.55. The molecule has 1 aliphatic heterocycles. The molecule has 1 aromatic heterocycles. The van der Waals surface area contributed by atoms with E-state index in [1.54, 1.807) is 35.0 Å². The van der Waals surface area contributed by atoms with Gasteiger partial charge in [-0.3, -0.25) is 14.2 Å². The topological polar surface area (TPSA) is 75.8 Å². The predicted octanol–water partition coefficient (Wildman–Crippen LogP) is 0.826. The van der Waals surface area contributed by atoms with Gasteiger partial charge in [0.15, 0.2) is 5.58 Å². The molecule has 0 unspecified atom stereocenters. The van der Waals surface area contributed by atoms with Crippen molar-refractivity contribution in [1.82, 2.24) is 14.4 Å². The van der Waals surface area contributed by atoms with Crippen LogP contribution in [-0.2, 0) is 11.8 Å². The first-order valence-electron chi connectivity index (χ1n) is 7.68. The normalized spacial score (nSPS) is 15.2. The van der Waals surface area contributed by atoms with Crippen molar-refractivity contribution in [2.75, 3.05) is 26.2 Å². The lowest BCUT2D eigenvalue weighted by Crippen LogP contribution is -2.50. The Labute approximate surface area is 133 Å². The summed E-state index contributed by atoms with van der Waals surface area (Å²) in [5.74, 6) is -0.442. The molecule has 1 aliphatic rings. The molecule has 2 aromatic rings. The van der Waals surface area contributed by atoms with Gasteiger partial charge in [0.25, 0.3) is 5.91 Å². The van der Waals surface area contributed by atoms with Gasteiger partial charge in [0.1, 0.15) is 0 Å². The van der Waals surface area contributed by atoms with Gasteiger partial charge in [-0.1, -0.05) is 6.92 Å². The summed E-state index contributed by atoms with van der Waals surface area (Å²) in [4.78, 5) is 39.3. The average molecular weight is 317 g/mol. The minimum absolute atomic E-state index is 0.109. The Hall–Kier alpha value is -2.57. The Morgan fingerprint density at radius 3 is 2.43 bits per heavy atom. The van der Waals surface area contributed by atoms with E-state index in [2.05, 4.69) is 0 Å². The van der Waals surface area contributed by atoms with Gasteiger partial charge in [-0.25, -0.2) is 4.79 Å². The Kier molecular flexibility index (Phi) is 3.94. The summed E-state index contributed by atoms with van der Waals surface area (Å²) in [7, 11) is 1.62. The number of aryl methyl sites for hydroxylation is 1. The zero-order valence-corrected chi connectivity index (χ0v) is 13.2. The minimum atomic E-state index is -0.448. The molecule has 0 saturated carbocycles. The van der Waals surface area contributed by atoms with Gasteiger partial charge in [-0.05, 0) is 18.2 Å². The molecule has 0 radical (unpaired) electrons. The number of nitrogens with zero attached hydrogens (tertiary/aromatic N) is 3. The van der Waals surface area contributed by atoms with Crippen molar-refractivity contribution in [1.29, 1.82) is 0 Å². The van der Waals surface area contributed by atoms with Crippen LogP contribution < -0.4 is 5.76 Å². The van der Waals surface area contributed by atoms with Gasteiger partial charge in [-0.15, -0.1) is 0 Å². The van der Waals surface area contributed by atoms with E-state index >= 15 is 0 Å². The second kappa shape index (κ2) is 5.91. The van der Waals surface area contributed by atoms with E-state index < -0.39 is 5.76 Å². The molecule has 0 N–H and O–H groups in total.